The van der Waals surface area contributed by atoms with Crippen molar-refractivity contribution in [1.29, 1.82) is 0 Å². The molecule has 21 heavy (non-hydrogen) atoms. The van der Waals surface area contributed by atoms with Gasteiger partial charge in [0.15, 0.2) is 0 Å². The van der Waals surface area contributed by atoms with Gasteiger partial charge in [-0.3, -0.25) is 0 Å². The predicted octanol–water partition coefficient (Wildman–Crippen LogP) is 3.45. The van der Waals surface area contributed by atoms with Gasteiger partial charge in [0, 0.05) is 30.7 Å². The SMILES string of the molecule is CCNC(C)C1CCN(c2nccc3ccccc23)CC1. The summed E-state index contributed by atoms with van der Waals surface area (Å²) in [7, 11) is 0. The number of fused-ring (bicyclic) bond motifs is 1. The highest BCUT2D eigenvalue weighted by molar-refractivity contribution is 5.92. The smallest absolute Gasteiger partial charge is 0.136 e. The second-order valence-corrected chi connectivity index (χ2v) is 6.03. The summed E-state index contributed by atoms with van der Waals surface area (Å²) in [4.78, 5) is 7.10. The van der Waals surface area contributed by atoms with Crippen molar-refractivity contribution in [3.63, 3.8) is 0 Å². The van der Waals surface area contributed by atoms with E-state index in [9.17, 15) is 0 Å². The second kappa shape index (κ2) is 6.44. The maximum Gasteiger partial charge on any atom is 0.136 e. The molecule has 0 spiro atoms. The van der Waals surface area contributed by atoms with Gasteiger partial charge in [-0.2, -0.15) is 0 Å². The van der Waals surface area contributed by atoms with Gasteiger partial charge in [-0.1, -0.05) is 31.2 Å². The van der Waals surface area contributed by atoms with Crippen LogP contribution >= 0.6 is 0 Å². The Morgan fingerprint density at radius 1 is 1.24 bits per heavy atom. The van der Waals surface area contributed by atoms with Crippen molar-refractivity contribution in [3.8, 4) is 0 Å². The molecule has 0 radical (unpaired) electrons. The van der Waals surface area contributed by atoms with Gasteiger partial charge in [-0.25, -0.2) is 4.98 Å². The lowest BCUT2D eigenvalue weighted by Gasteiger charge is -2.36. The molecule has 1 aliphatic rings. The molecule has 3 nitrogen and oxygen atoms in total. The van der Waals surface area contributed by atoms with Crippen molar-refractivity contribution in [2.75, 3.05) is 24.5 Å². The van der Waals surface area contributed by atoms with Crippen molar-refractivity contribution in [2.24, 2.45) is 5.92 Å². The molecule has 2 heterocycles. The van der Waals surface area contributed by atoms with Gasteiger partial charge >= 0.3 is 0 Å². The number of benzene rings is 1. The minimum Gasteiger partial charge on any atom is -0.356 e. The van der Waals surface area contributed by atoms with E-state index in [1.165, 1.54) is 23.6 Å². The standard InChI is InChI=1S/C18H25N3/c1-3-19-14(2)15-9-12-21(13-10-15)18-17-7-5-4-6-16(17)8-11-20-18/h4-8,11,14-15,19H,3,9-10,12-13H2,1-2H3. The summed E-state index contributed by atoms with van der Waals surface area (Å²) < 4.78 is 0. The zero-order chi connectivity index (χ0) is 14.7. The molecule has 1 aliphatic heterocycles. The van der Waals surface area contributed by atoms with Crippen LogP contribution in [0.5, 0.6) is 0 Å². The van der Waals surface area contributed by atoms with Crippen molar-refractivity contribution in [3.05, 3.63) is 36.5 Å². The van der Waals surface area contributed by atoms with E-state index in [1.54, 1.807) is 0 Å². The molecule has 0 amide bonds. The number of hydrogen-bond donors (Lipinski definition) is 1. The van der Waals surface area contributed by atoms with Crippen molar-refractivity contribution >= 4 is 16.6 Å². The van der Waals surface area contributed by atoms with Crippen LogP contribution in [0.4, 0.5) is 5.82 Å². The Hall–Kier alpha value is -1.61. The Kier molecular flexibility index (Phi) is 4.39. The minimum atomic E-state index is 0.623. The van der Waals surface area contributed by atoms with Gasteiger partial charge in [0.25, 0.3) is 0 Å². The number of anilines is 1. The lowest BCUT2D eigenvalue weighted by molar-refractivity contribution is 0.314. The third-order valence-corrected chi connectivity index (χ3v) is 4.72. The van der Waals surface area contributed by atoms with Crippen LogP contribution in [-0.2, 0) is 0 Å². The van der Waals surface area contributed by atoms with Gasteiger partial charge in [0.05, 0.1) is 0 Å². The molecule has 1 atom stereocenters. The van der Waals surface area contributed by atoms with Crippen LogP contribution in [0.1, 0.15) is 26.7 Å². The Bertz CT molecular complexity index is 583. The topological polar surface area (TPSA) is 28.2 Å². The fourth-order valence-electron chi connectivity index (χ4n) is 3.46. The average Bonchev–Trinajstić information content (AvgIpc) is 2.55. The van der Waals surface area contributed by atoms with Gasteiger partial charge in [0.2, 0.25) is 0 Å². The number of nitrogens with one attached hydrogen (secondary N) is 1. The van der Waals surface area contributed by atoms with E-state index >= 15 is 0 Å². The van der Waals surface area contributed by atoms with E-state index in [-0.39, 0.29) is 0 Å². The normalized spacial score (nSPS) is 18.1. The number of hydrogen-bond acceptors (Lipinski definition) is 3. The molecule has 1 aromatic heterocycles. The van der Waals surface area contributed by atoms with E-state index in [4.69, 9.17) is 0 Å². The third kappa shape index (κ3) is 3.03. The molecule has 0 saturated carbocycles. The highest BCUT2D eigenvalue weighted by atomic mass is 15.2. The maximum atomic E-state index is 4.65. The average molecular weight is 283 g/mol. The van der Waals surface area contributed by atoms with Crippen LogP contribution in [0.2, 0.25) is 0 Å². The summed E-state index contributed by atoms with van der Waals surface area (Å²) >= 11 is 0. The zero-order valence-corrected chi connectivity index (χ0v) is 13.0. The molecule has 1 N–H and O–H groups in total. The molecular formula is C18H25N3. The Morgan fingerprint density at radius 2 is 2.00 bits per heavy atom. The summed E-state index contributed by atoms with van der Waals surface area (Å²) in [5, 5.41) is 6.12. The van der Waals surface area contributed by atoms with E-state index in [0.717, 1.165) is 31.4 Å². The van der Waals surface area contributed by atoms with Gasteiger partial charge in [0.1, 0.15) is 5.82 Å². The molecule has 1 unspecified atom stereocenters. The molecule has 112 valence electrons. The van der Waals surface area contributed by atoms with Crippen molar-refractivity contribution in [1.82, 2.24) is 10.3 Å². The van der Waals surface area contributed by atoms with Crippen LogP contribution in [0, 0.1) is 5.92 Å². The van der Waals surface area contributed by atoms with E-state index < -0.39 is 0 Å². The molecule has 0 aliphatic carbocycles. The summed E-state index contributed by atoms with van der Waals surface area (Å²) in [6.07, 6.45) is 4.43. The molecule has 2 aromatic rings. The lowest BCUT2D eigenvalue weighted by Crippen LogP contribution is -2.42. The highest BCUT2D eigenvalue weighted by Gasteiger charge is 2.24. The van der Waals surface area contributed by atoms with Crippen molar-refractivity contribution < 1.29 is 0 Å². The van der Waals surface area contributed by atoms with E-state index in [2.05, 4.69) is 59.4 Å². The monoisotopic (exact) mass is 283 g/mol. The minimum absolute atomic E-state index is 0.623. The van der Waals surface area contributed by atoms with Crippen LogP contribution in [0.25, 0.3) is 10.8 Å². The molecule has 3 heteroatoms. The third-order valence-electron chi connectivity index (χ3n) is 4.72. The van der Waals surface area contributed by atoms with Gasteiger partial charge in [-0.15, -0.1) is 0 Å². The van der Waals surface area contributed by atoms with Gasteiger partial charge in [-0.05, 0) is 43.7 Å². The number of rotatable bonds is 4. The van der Waals surface area contributed by atoms with E-state index in [0.29, 0.717) is 6.04 Å². The second-order valence-electron chi connectivity index (χ2n) is 6.03. The largest absolute Gasteiger partial charge is 0.356 e. The first-order valence-corrected chi connectivity index (χ1v) is 8.11. The lowest BCUT2D eigenvalue weighted by atomic mass is 9.90. The summed E-state index contributed by atoms with van der Waals surface area (Å²) in [5.41, 5.74) is 0. The zero-order valence-electron chi connectivity index (χ0n) is 13.0. The van der Waals surface area contributed by atoms with E-state index in [1.807, 2.05) is 6.20 Å². The number of nitrogens with zero attached hydrogens (tertiary/aromatic N) is 2. The number of piperidine rings is 1. The summed E-state index contributed by atoms with van der Waals surface area (Å²) in [5.74, 6) is 1.94. The fourth-order valence-corrected chi connectivity index (χ4v) is 3.46. The van der Waals surface area contributed by atoms with Gasteiger partial charge < -0.3 is 10.2 Å². The molecular weight excluding hydrogens is 258 g/mol. The first-order chi connectivity index (χ1) is 10.3. The Labute approximate surface area is 127 Å². The number of aromatic nitrogens is 1. The maximum absolute atomic E-state index is 4.65. The van der Waals surface area contributed by atoms with Crippen LogP contribution in [-0.4, -0.2) is 30.7 Å². The summed E-state index contributed by atoms with van der Waals surface area (Å²) in [6, 6.07) is 11.3. The summed E-state index contributed by atoms with van der Waals surface area (Å²) in [6.45, 7) is 7.79. The molecule has 0 bridgehead atoms. The molecule has 1 aromatic carbocycles. The van der Waals surface area contributed by atoms with Crippen LogP contribution in [0.3, 0.4) is 0 Å². The predicted molar refractivity (Wildman–Crippen MR) is 89.8 cm³/mol. The number of pyridine rings is 1. The molecule has 3 rings (SSSR count). The fraction of sp³-hybridized carbons (Fsp3) is 0.500. The van der Waals surface area contributed by atoms with Crippen LogP contribution in [0.15, 0.2) is 36.5 Å². The van der Waals surface area contributed by atoms with Crippen molar-refractivity contribution in [2.45, 2.75) is 32.7 Å². The Morgan fingerprint density at radius 3 is 2.76 bits per heavy atom. The quantitative estimate of drug-likeness (QED) is 0.931. The molecule has 1 saturated heterocycles. The highest BCUT2D eigenvalue weighted by Crippen LogP contribution is 2.29. The first-order valence-electron chi connectivity index (χ1n) is 8.11. The van der Waals surface area contributed by atoms with Crippen LogP contribution < -0.4 is 10.2 Å². The molecule has 1 fully saturated rings. The first kappa shape index (κ1) is 14.3. The Balaban J connectivity index is 1.74.